The van der Waals surface area contributed by atoms with Gasteiger partial charge in [-0.05, 0) is 37.5 Å². The summed E-state index contributed by atoms with van der Waals surface area (Å²) < 4.78 is 0. The van der Waals surface area contributed by atoms with Crippen molar-refractivity contribution in [1.82, 2.24) is 15.6 Å². The van der Waals surface area contributed by atoms with Gasteiger partial charge >= 0.3 is 0 Å². The zero-order valence-corrected chi connectivity index (χ0v) is 20.6. The van der Waals surface area contributed by atoms with Crippen molar-refractivity contribution in [2.75, 3.05) is 18.4 Å². The van der Waals surface area contributed by atoms with E-state index in [0.29, 0.717) is 13.0 Å². The molecule has 3 N–H and O–H groups in total. The van der Waals surface area contributed by atoms with Crippen LogP contribution in [0.15, 0.2) is 35.5 Å². The zero-order valence-electron chi connectivity index (χ0n) is 17.5. The number of anilines is 1. The van der Waals surface area contributed by atoms with Crippen LogP contribution in [0.25, 0.3) is 0 Å². The Morgan fingerprint density at radius 3 is 2.52 bits per heavy atom. The number of halogens is 1. The molecular formula is C21H32IN5OS. The quantitative estimate of drug-likeness (QED) is 0.243. The highest BCUT2D eigenvalue weighted by molar-refractivity contribution is 14.0. The second kappa shape index (κ2) is 14.3. The molecule has 1 amide bonds. The van der Waals surface area contributed by atoms with Gasteiger partial charge in [0.1, 0.15) is 0 Å². The lowest BCUT2D eigenvalue weighted by Crippen LogP contribution is -2.38. The highest BCUT2D eigenvalue weighted by Gasteiger charge is 2.03. The van der Waals surface area contributed by atoms with Gasteiger partial charge in [-0.3, -0.25) is 4.79 Å². The molecule has 0 bridgehead atoms. The van der Waals surface area contributed by atoms with Crippen LogP contribution in [0.1, 0.15) is 49.1 Å². The number of aromatic nitrogens is 1. The first-order chi connectivity index (χ1) is 13.6. The molecule has 29 heavy (non-hydrogen) atoms. The summed E-state index contributed by atoms with van der Waals surface area (Å²) in [5.74, 6) is 0.855. The van der Waals surface area contributed by atoms with E-state index < -0.39 is 0 Å². The number of aryl methyl sites for hydroxylation is 1. The Balaban J connectivity index is 0.00000420. The molecule has 0 aliphatic carbocycles. The SMILES string of the molecule is CCCC(=O)Nc1ccc(CN=C(NCC)NCCc2ncc(CC)s2)cc1.I. The molecule has 0 radical (unpaired) electrons. The molecule has 1 heterocycles. The van der Waals surface area contributed by atoms with Gasteiger partial charge in [-0.15, -0.1) is 35.3 Å². The summed E-state index contributed by atoms with van der Waals surface area (Å²) in [5.41, 5.74) is 1.92. The smallest absolute Gasteiger partial charge is 0.224 e. The summed E-state index contributed by atoms with van der Waals surface area (Å²) >= 11 is 1.78. The maximum atomic E-state index is 11.7. The predicted molar refractivity (Wildman–Crippen MR) is 133 cm³/mol. The third-order valence-corrected chi connectivity index (χ3v) is 5.26. The lowest BCUT2D eigenvalue weighted by Gasteiger charge is -2.11. The van der Waals surface area contributed by atoms with Gasteiger partial charge < -0.3 is 16.0 Å². The van der Waals surface area contributed by atoms with E-state index in [0.717, 1.165) is 54.6 Å². The fraction of sp³-hybridized carbons (Fsp3) is 0.476. The van der Waals surface area contributed by atoms with Gasteiger partial charge in [0, 0.05) is 42.7 Å². The minimum absolute atomic E-state index is 0. The Kier molecular flexibility index (Phi) is 12.5. The predicted octanol–water partition coefficient (Wildman–Crippen LogP) is 4.36. The van der Waals surface area contributed by atoms with Crippen LogP contribution >= 0.6 is 35.3 Å². The second-order valence-electron chi connectivity index (χ2n) is 6.44. The summed E-state index contributed by atoms with van der Waals surface area (Å²) in [7, 11) is 0. The first-order valence-corrected chi connectivity index (χ1v) is 10.8. The molecule has 2 rings (SSSR count). The van der Waals surface area contributed by atoms with Crippen LogP contribution in [-0.4, -0.2) is 29.9 Å². The first-order valence-electron chi connectivity index (χ1n) is 9.99. The van der Waals surface area contributed by atoms with Crippen molar-refractivity contribution < 1.29 is 4.79 Å². The van der Waals surface area contributed by atoms with Crippen molar-refractivity contribution in [2.24, 2.45) is 4.99 Å². The molecule has 0 atom stereocenters. The van der Waals surface area contributed by atoms with Gasteiger partial charge in [-0.1, -0.05) is 26.0 Å². The molecule has 1 aromatic carbocycles. The minimum atomic E-state index is 0. The number of guanidine groups is 1. The number of rotatable bonds is 10. The normalized spacial score (nSPS) is 10.9. The van der Waals surface area contributed by atoms with E-state index >= 15 is 0 Å². The molecule has 0 aliphatic rings. The van der Waals surface area contributed by atoms with E-state index in [4.69, 9.17) is 0 Å². The maximum Gasteiger partial charge on any atom is 0.224 e. The lowest BCUT2D eigenvalue weighted by atomic mass is 10.2. The molecule has 2 aromatic rings. The summed E-state index contributed by atoms with van der Waals surface area (Å²) in [6.07, 6.45) is 5.29. The van der Waals surface area contributed by atoms with Crippen LogP contribution in [0, 0.1) is 0 Å². The van der Waals surface area contributed by atoms with Gasteiger partial charge in [0.05, 0.1) is 11.6 Å². The van der Waals surface area contributed by atoms with Gasteiger partial charge in [0.15, 0.2) is 5.96 Å². The van der Waals surface area contributed by atoms with Gasteiger partial charge in [-0.25, -0.2) is 9.98 Å². The molecule has 0 aliphatic heterocycles. The summed E-state index contributed by atoms with van der Waals surface area (Å²) in [4.78, 5) is 22.1. The third-order valence-electron chi connectivity index (χ3n) is 4.06. The molecule has 0 saturated carbocycles. The Morgan fingerprint density at radius 2 is 1.90 bits per heavy atom. The Hall–Kier alpha value is -1.68. The Morgan fingerprint density at radius 1 is 1.14 bits per heavy atom. The number of aliphatic imine (C=N–C) groups is 1. The van der Waals surface area contributed by atoms with E-state index in [1.54, 1.807) is 11.3 Å². The topological polar surface area (TPSA) is 78.4 Å². The number of benzene rings is 1. The van der Waals surface area contributed by atoms with Gasteiger partial charge in [0.25, 0.3) is 0 Å². The van der Waals surface area contributed by atoms with E-state index in [-0.39, 0.29) is 29.9 Å². The van der Waals surface area contributed by atoms with Crippen molar-refractivity contribution in [1.29, 1.82) is 0 Å². The van der Waals surface area contributed by atoms with Crippen molar-refractivity contribution >= 4 is 52.9 Å². The molecule has 0 spiro atoms. The summed E-state index contributed by atoms with van der Waals surface area (Å²) in [5, 5.41) is 10.7. The molecule has 0 fully saturated rings. The third kappa shape index (κ3) is 9.58. The van der Waals surface area contributed by atoms with Crippen molar-refractivity contribution in [3.05, 3.63) is 45.9 Å². The standard InChI is InChI=1S/C21H31N5OS.HI/c1-4-7-19(27)26-17-10-8-16(9-11-17)14-25-21(22-6-3)23-13-12-20-24-15-18(5-2)28-20;/h8-11,15H,4-7,12-14H2,1-3H3,(H,26,27)(H2,22,23,25);1H. The van der Waals surface area contributed by atoms with Gasteiger partial charge in [-0.2, -0.15) is 0 Å². The highest BCUT2D eigenvalue weighted by Crippen LogP contribution is 2.13. The van der Waals surface area contributed by atoms with Crippen LogP contribution in [0.2, 0.25) is 0 Å². The fourth-order valence-electron chi connectivity index (χ4n) is 2.57. The van der Waals surface area contributed by atoms with Gasteiger partial charge in [0.2, 0.25) is 5.91 Å². The van der Waals surface area contributed by atoms with E-state index in [1.165, 1.54) is 4.88 Å². The zero-order chi connectivity index (χ0) is 20.2. The first kappa shape index (κ1) is 25.4. The molecule has 0 saturated heterocycles. The Bertz CT molecular complexity index is 761. The van der Waals surface area contributed by atoms with Crippen molar-refractivity contribution in [3.8, 4) is 0 Å². The lowest BCUT2D eigenvalue weighted by molar-refractivity contribution is -0.116. The average molecular weight is 529 g/mol. The minimum Gasteiger partial charge on any atom is -0.357 e. The largest absolute Gasteiger partial charge is 0.357 e. The monoisotopic (exact) mass is 529 g/mol. The van der Waals surface area contributed by atoms with Crippen LogP contribution < -0.4 is 16.0 Å². The maximum absolute atomic E-state index is 11.7. The number of hydrogen-bond acceptors (Lipinski definition) is 4. The molecule has 6 nitrogen and oxygen atoms in total. The summed E-state index contributed by atoms with van der Waals surface area (Å²) in [6.45, 7) is 8.39. The number of nitrogens with zero attached hydrogens (tertiary/aromatic N) is 2. The number of hydrogen-bond donors (Lipinski definition) is 3. The summed E-state index contributed by atoms with van der Waals surface area (Å²) in [6, 6.07) is 7.84. The molecule has 1 aromatic heterocycles. The van der Waals surface area contributed by atoms with Crippen molar-refractivity contribution in [2.45, 2.75) is 53.0 Å². The number of nitrogens with one attached hydrogen (secondary N) is 3. The fourth-order valence-corrected chi connectivity index (χ4v) is 3.43. The van der Waals surface area contributed by atoms with E-state index in [2.05, 4.69) is 39.8 Å². The number of carbonyl (C=O) groups excluding carboxylic acids is 1. The van der Waals surface area contributed by atoms with Crippen LogP contribution in [-0.2, 0) is 24.2 Å². The van der Waals surface area contributed by atoms with Crippen LogP contribution in [0.4, 0.5) is 5.69 Å². The molecule has 0 unspecified atom stereocenters. The van der Waals surface area contributed by atoms with E-state index in [1.807, 2.05) is 37.4 Å². The number of amides is 1. The van der Waals surface area contributed by atoms with Crippen LogP contribution in [0.5, 0.6) is 0 Å². The average Bonchev–Trinajstić information content (AvgIpc) is 3.15. The van der Waals surface area contributed by atoms with Crippen molar-refractivity contribution in [3.63, 3.8) is 0 Å². The molecule has 8 heteroatoms. The van der Waals surface area contributed by atoms with E-state index in [9.17, 15) is 4.79 Å². The highest BCUT2D eigenvalue weighted by atomic mass is 127. The number of carbonyl (C=O) groups is 1. The molecular weight excluding hydrogens is 497 g/mol. The molecule has 160 valence electrons. The van der Waals surface area contributed by atoms with Crippen LogP contribution in [0.3, 0.4) is 0 Å². The Labute approximate surface area is 195 Å². The number of thiazole rings is 1. The second-order valence-corrected chi connectivity index (χ2v) is 7.64.